The van der Waals surface area contributed by atoms with E-state index in [0.717, 1.165) is 17.8 Å². The smallest absolute Gasteiger partial charge is 0.173 e. The SMILES string of the molecule is Cc1ccccc1NC(=S)N(CCN(C)C)[C@H]1CCS(=O)(=O)C1. The van der Waals surface area contributed by atoms with Crippen molar-refractivity contribution in [3.8, 4) is 0 Å². The largest absolute Gasteiger partial charge is 0.344 e. The second-order valence-electron chi connectivity index (χ2n) is 6.30. The quantitative estimate of drug-likeness (QED) is 0.812. The minimum atomic E-state index is -2.94. The second-order valence-corrected chi connectivity index (χ2v) is 8.91. The summed E-state index contributed by atoms with van der Waals surface area (Å²) in [6.45, 7) is 3.56. The van der Waals surface area contributed by atoms with Gasteiger partial charge in [-0.2, -0.15) is 0 Å². The Kier molecular flexibility index (Phi) is 6.00. The summed E-state index contributed by atoms with van der Waals surface area (Å²) >= 11 is 5.58. The molecule has 5 nitrogen and oxygen atoms in total. The molecule has 0 bridgehead atoms. The van der Waals surface area contributed by atoms with E-state index in [0.29, 0.717) is 18.1 Å². The van der Waals surface area contributed by atoms with Crippen LogP contribution in [0, 0.1) is 6.92 Å². The number of hydrogen-bond acceptors (Lipinski definition) is 4. The zero-order chi connectivity index (χ0) is 17.0. The number of rotatable bonds is 5. The molecule has 0 saturated carbocycles. The third-order valence-electron chi connectivity index (χ3n) is 4.08. The highest BCUT2D eigenvalue weighted by Gasteiger charge is 2.33. The Morgan fingerprint density at radius 1 is 1.30 bits per heavy atom. The first-order valence-electron chi connectivity index (χ1n) is 7.77. The van der Waals surface area contributed by atoms with Crippen molar-refractivity contribution in [3.05, 3.63) is 29.8 Å². The Labute approximate surface area is 144 Å². The maximum atomic E-state index is 11.8. The third-order valence-corrected chi connectivity index (χ3v) is 6.17. The Balaban J connectivity index is 2.12. The molecular weight excluding hydrogens is 330 g/mol. The van der Waals surface area contributed by atoms with Gasteiger partial charge in [0.1, 0.15) is 0 Å². The van der Waals surface area contributed by atoms with Crippen molar-refractivity contribution in [3.63, 3.8) is 0 Å². The van der Waals surface area contributed by atoms with Gasteiger partial charge in [-0.3, -0.25) is 0 Å². The summed E-state index contributed by atoms with van der Waals surface area (Å²) in [5.74, 6) is 0.444. The van der Waals surface area contributed by atoms with Crippen LogP contribution in [0.1, 0.15) is 12.0 Å². The van der Waals surface area contributed by atoms with Crippen LogP contribution < -0.4 is 5.32 Å². The van der Waals surface area contributed by atoms with Gasteiger partial charge >= 0.3 is 0 Å². The molecule has 1 N–H and O–H groups in total. The number of anilines is 1. The average Bonchev–Trinajstić information content (AvgIpc) is 2.81. The van der Waals surface area contributed by atoms with Crippen molar-refractivity contribution in [1.29, 1.82) is 0 Å². The summed E-state index contributed by atoms with van der Waals surface area (Å²) in [5, 5.41) is 3.88. The predicted octanol–water partition coefficient (Wildman–Crippen LogP) is 1.74. The van der Waals surface area contributed by atoms with Crippen LogP contribution in [0.3, 0.4) is 0 Å². The number of benzene rings is 1. The molecule has 1 aromatic rings. The number of thiocarbonyl (C=S) groups is 1. The van der Waals surface area contributed by atoms with Gasteiger partial charge in [0, 0.05) is 24.8 Å². The van der Waals surface area contributed by atoms with Crippen LogP contribution in [0.4, 0.5) is 5.69 Å². The molecule has 1 atom stereocenters. The molecule has 2 rings (SSSR count). The van der Waals surface area contributed by atoms with Crippen molar-refractivity contribution in [2.24, 2.45) is 0 Å². The highest BCUT2D eigenvalue weighted by molar-refractivity contribution is 7.91. The van der Waals surface area contributed by atoms with Crippen molar-refractivity contribution in [2.45, 2.75) is 19.4 Å². The molecule has 0 aliphatic carbocycles. The van der Waals surface area contributed by atoms with E-state index >= 15 is 0 Å². The van der Waals surface area contributed by atoms with Crippen LogP contribution in [0.5, 0.6) is 0 Å². The van der Waals surface area contributed by atoms with Gasteiger partial charge < -0.3 is 15.1 Å². The van der Waals surface area contributed by atoms with Crippen LogP contribution >= 0.6 is 12.2 Å². The first-order chi connectivity index (χ1) is 10.8. The second kappa shape index (κ2) is 7.59. The zero-order valence-corrected chi connectivity index (χ0v) is 15.6. The van der Waals surface area contributed by atoms with Gasteiger partial charge in [0.2, 0.25) is 0 Å². The fourth-order valence-electron chi connectivity index (χ4n) is 2.68. The molecule has 7 heteroatoms. The minimum Gasteiger partial charge on any atom is -0.344 e. The lowest BCUT2D eigenvalue weighted by Crippen LogP contribution is -2.46. The van der Waals surface area contributed by atoms with Crippen molar-refractivity contribution < 1.29 is 8.42 Å². The third kappa shape index (κ3) is 5.16. The van der Waals surface area contributed by atoms with Crippen LogP contribution in [-0.2, 0) is 9.84 Å². The number of nitrogens with zero attached hydrogens (tertiary/aromatic N) is 2. The van der Waals surface area contributed by atoms with Crippen molar-refractivity contribution >= 4 is 32.9 Å². The van der Waals surface area contributed by atoms with Gasteiger partial charge in [-0.05, 0) is 51.3 Å². The van der Waals surface area contributed by atoms with Crippen LogP contribution in [0.2, 0.25) is 0 Å². The molecule has 1 fully saturated rings. The molecular formula is C16H25N3O2S2. The normalized spacial score (nSPS) is 19.7. The summed E-state index contributed by atoms with van der Waals surface area (Å²) in [5.41, 5.74) is 2.08. The van der Waals surface area contributed by atoms with E-state index < -0.39 is 9.84 Å². The molecule has 1 saturated heterocycles. The first kappa shape index (κ1) is 18.2. The van der Waals surface area contributed by atoms with E-state index in [4.69, 9.17) is 12.2 Å². The molecule has 128 valence electrons. The number of hydrogen-bond donors (Lipinski definition) is 1. The van der Waals surface area contributed by atoms with Gasteiger partial charge in [-0.25, -0.2) is 8.42 Å². The standard InChI is InChI=1S/C16H25N3O2S2/c1-13-6-4-5-7-15(13)17-16(22)19(10-9-18(2)3)14-8-11-23(20,21)12-14/h4-7,14H,8-12H2,1-3H3,(H,17,22)/t14-/m0/s1. The number of aryl methyl sites for hydroxylation is 1. The number of para-hydroxylation sites is 1. The Hall–Kier alpha value is -1.18. The minimum absolute atomic E-state index is 0.0380. The molecule has 0 unspecified atom stereocenters. The van der Waals surface area contributed by atoms with E-state index in [1.807, 2.05) is 50.2 Å². The van der Waals surface area contributed by atoms with Crippen LogP contribution in [0.25, 0.3) is 0 Å². The Morgan fingerprint density at radius 2 is 2.00 bits per heavy atom. The molecule has 0 aromatic heterocycles. The predicted molar refractivity (Wildman–Crippen MR) is 99.7 cm³/mol. The van der Waals surface area contributed by atoms with Crippen molar-refractivity contribution in [1.82, 2.24) is 9.80 Å². The number of likely N-dealkylation sites (N-methyl/N-ethyl adjacent to an activating group) is 1. The maximum Gasteiger partial charge on any atom is 0.173 e. The molecule has 1 heterocycles. The first-order valence-corrected chi connectivity index (χ1v) is 10.00. The van der Waals surface area contributed by atoms with Gasteiger partial charge in [0.15, 0.2) is 14.9 Å². The summed E-state index contributed by atoms with van der Waals surface area (Å²) in [4.78, 5) is 4.11. The van der Waals surface area contributed by atoms with E-state index in [2.05, 4.69) is 10.2 Å². The Bertz CT molecular complexity index is 659. The fourth-order valence-corrected chi connectivity index (χ4v) is 4.76. The van der Waals surface area contributed by atoms with Gasteiger partial charge in [-0.15, -0.1) is 0 Å². The monoisotopic (exact) mass is 355 g/mol. The summed E-state index contributed by atoms with van der Waals surface area (Å²) in [6.07, 6.45) is 0.644. The average molecular weight is 356 g/mol. The van der Waals surface area contributed by atoms with E-state index in [-0.39, 0.29) is 17.5 Å². The molecule has 0 amide bonds. The molecule has 1 aliphatic heterocycles. The molecule has 1 aromatic carbocycles. The van der Waals surface area contributed by atoms with Crippen molar-refractivity contribution in [2.75, 3.05) is 44.0 Å². The van der Waals surface area contributed by atoms with E-state index in [1.165, 1.54) is 0 Å². The summed E-state index contributed by atoms with van der Waals surface area (Å²) in [7, 11) is 1.07. The highest BCUT2D eigenvalue weighted by atomic mass is 32.2. The molecule has 23 heavy (non-hydrogen) atoms. The highest BCUT2D eigenvalue weighted by Crippen LogP contribution is 2.20. The number of nitrogens with one attached hydrogen (secondary N) is 1. The van der Waals surface area contributed by atoms with Gasteiger partial charge in [-0.1, -0.05) is 18.2 Å². The zero-order valence-electron chi connectivity index (χ0n) is 13.9. The maximum absolute atomic E-state index is 11.8. The lowest BCUT2D eigenvalue weighted by atomic mass is 10.2. The number of sulfone groups is 1. The van der Waals surface area contributed by atoms with Crippen LogP contribution in [0.15, 0.2) is 24.3 Å². The molecule has 1 aliphatic rings. The van der Waals surface area contributed by atoms with Crippen LogP contribution in [-0.4, -0.2) is 68.1 Å². The summed E-state index contributed by atoms with van der Waals surface area (Å²) in [6, 6.07) is 7.91. The lowest BCUT2D eigenvalue weighted by molar-refractivity contribution is 0.289. The van der Waals surface area contributed by atoms with E-state index in [9.17, 15) is 8.42 Å². The lowest BCUT2D eigenvalue weighted by Gasteiger charge is -2.32. The summed E-state index contributed by atoms with van der Waals surface area (Å²) < 4.78 is 23.6. The Morgan fingerprint density at radius 3 is 2.57 bits per heavy atom. The van der Waals surface area contributed by atoms with E-state index in [1.54, 1.807) is 0 Å². The topological polar surface area (TPSA) is 52.6 Å². The molecule has 0 spiro atoms. The van der Waals surface area contributed by atoms with Gasteiger partial charge in [0.25, 0.3) is 0 Å². The van der Waals surface area contributed by atoms with Gasteiger partial charge in [0.05, 0.1) is 11.5 Å². The fraction of sp³-hybridized carbons (Fsp3) is 0.562. The molecule has 0 radical (unpaired) electrons.